The van der Waals surface area contributed by atoms with Gasteiger partial charge in [-0.05, 0) is 30.2 Å². The summed E-state index contributed by atoms with van der Waals surface area (Å²) in [7, 11) is 1.83. The lowest BCUT2D eigenvalue weighted by Crippen LogP contribution is -2.53. The van der Waals surface area contributed by atoms with Gasteiger partial charge in [-0.25, -0.2) is 4.39 Å². The van der Waals surface area contributed by atoms with E-state index in [0.29, 0.717) is 12.6 Å². The fourth-order valence-corrected chi connectivity index (χ4v) is 3.47. The zero-order valence-corrected chi connectivity index (χ0v) is 15.4. The van der Waals surface area contributed by atoms with E-state index in [4.69, 9.17) is 0 Å². The van der Waals surface area contributed by atoms with Crippen LogP contribution in [0.3, 0.4) is 0 Å². The van der Waals surface area contributed by atoms with Crippen LogP contribution < -0.4 is 5.32 Å². The monoisotopic (exact) mass is 355 g/mol. The van der Waals surface area contributed by atoms with Gasteiger partial charge in [-0.3, -0.25) is 9.69 Å². The number of benzene rings is 2. The Labute approximate surface area is 154 Å². The highest BCUT2D eigenvalue weighted by atomic mass is 19.1. The van der Waals surface area contributed by atoms with Crippen molar-refractivity contribution in [2.24, 2.45) is 0 Å². The number of amides is 1. The minimum atomic E-state index is -0.274. The van der Waals surface area contributed by atoms with Crippen molar-refractivity contribution in [1.29, 1.82) is 0 Å². The van der Waals surface area contributed by atoms with Gasteiger partial charge in [-0.2, -0.15) is 0 Å². The Morgan fingerprint density at radius 3 is 2.50 bits per heavy atom. The molecule has 26 heavy (non-hydrogen) atoms. The van der Waals surface area contributed by atoms with E-state index in [2.05, 4.69) is 17.1 Å². The van der Waals surface area contributed by atoms with E-state index in [1.54, 1.807) is 17.0 Å². The van der Waals surface area contributed by atoms with E-state index >= 15 is 0 Å². The van der Waals surface area contributed by atoms with Crippen molar-refractivity contribution < 1.29 is 9.18 Å². The summed E-state index contributed by atoms with van der Waals surface area (Å²) >= 11 is 0. The van der Waals surface area contributed by atoms with Gasteiger partial charge in [-0.15, -0.1) is 0 Å². The summed E-state index contributed by atoms with van der Waals surface area (Å²) in [6.45, 7) is 5.20. The highest BCUT2D eigenvalue weighted by Crippen LogP contribution is 2.28. The lowest BCUT2D eigenvalue weighted by Gasteiger charge is -2.36. The zero-order valence-electron chi connectivity index (χ0n) is 15.4. The van der Waals surface area contributed by atoms with Gasteiger partial charge in [0.15, 0.2) is 0 Å². The van der Waals surface area contributed by atoms with Crippen molar-refractivity contribution in [1.82, 2.24) is 15.1 Å². The smallest absolute Gasteiger partial charge is 0.237 e. The number of nitrogens with one attached hydrogen (secondary N) is 1. The van der Waals surface area contributed by atoms with Gasteiger partial charge in [-0.1, -0.05) is 42.5 Å². The van der Waals surface area contributed by atoms with Crippen molar-refractivity contribution >= 4 is 5.91 Å². The molecule has 1 N–H and O–H groups in total. The van der Waals surface area contributed by atoms with Crippen molar-refractivity contribution in [2.45, 2.75) is 19.0 Å². The van der Waals surface area contributed by atoms with Crippen LogP contribution in [0.2, 0.25) is 0 Å². The molecule has 4 nitrogen and oxygen atoms in total. The summed E-state index contributed by atoms with van der Waals surface area (Å²) in [5, 5.41) is 3.34. The fraction of sp³-hybridized carbons (Fsp3) is 0.381. The minimum absolute atomic E-state index is 0.0666. The lowest BCUT2D eigenvalue weighted by molar-refractivity contribution is -0.133. The molecule has 0 spiro atoms. The standard InChI is InChI=1S/C21H26FN3O/c1-16-14-23-12-13-25(16)15-20(26)24(2)21(17-6-4-3-5-7-17)18-8-10-19(22)11-9-18/h3-11,16,21,23H,12-15H2,1-2H3/t16-,21?/m1/s1. The maximum Gasteiger partial charge on any atom is 0.237 e. The number of carbonyl (C=O) groups excluding carboxylic acids is 1. The molecule has 1 amide bonds. The molecule has 138 valence electrons. The quantitative estimate of drug-likeness (QED) is 0.896. The first-order chi connectivity index (χ1) is 12.6. The summed E-state index contributed by atoms with van der Waals surface area (Å²) in [4.78, 5) is 17.0. The molecule has 0 radical (unpaired) electrons. The molecule has 3 rings (SSSR count). The van der Waals surface area contributed by atoms with Crippen LogP contribution in [0.25, 0.3) is 0 Å². The van der Waals surface area contributed by atoms with Crippen molar-refractivity contribution in [3.63, 3.8) is 0 Å². The number of halogens is 1. The van der Waals surface area contributed by atoms with Gasteiger partial charge in [0.1, 0.15) is 5.82 Å². The van der Waals surface area contributed by atoms with E-state index in [1.807, 2.05) is 37.4 Å². The highest BCUT2D eigenvalue weighted by Gasteiger charge is 2.27. The van der Waals surface area contributed by atoms with Gasteiger partial charge in [0.25, 0.3) is 0 Å². The number of hydrogen-bond donors (Lipinski definition) is 1. The zero-order chi connectivity index (χ0) is 18.5. The Balaban J connectivity index is 1.83. The SMILES string of the molecule is C[C@@H]1CNCCN1CC(=O)N(C)C(c1ccccc1)c1ccc(F)cc1. The van der Waals surface area contributed by atoms with Crippen LogP contribution in [0.4, 0.5) is 4.39 Å². The molecule has 1 heterocycles. The maximum atomic E-state index is 13.4. The van der Waals surface area contributed by atoms with Crippen LogP contribution in [0.5, 0.6) is 0 Å². The summed E-state index contributed by atoms with van der Waals surface area (Å²) in [5.74, 6) is -0.207. The number of hydrogen-bond acceptors (Lipinski definition) is 3. The molecular formula is C21H26FN3O. The Kier molecular flexibility index (Phi) is 6.01. The van der Waals surface area contributed by atoms with Gasteiger partial charge in [0.05, 0.1) is 12.6 Å². The molecule has 1 saturated heterocycles. The third-order valence-electron chi connectivity index (χ3n) is 5.06. The average molecular weight is 355 g/mol. The van der Waals surface area contributed by atoms with Gasteiger partial charge in [0, 0.05) is 32.7 Å². The molecule has 1 fully saturated rings. The van der Waals surface area contributed by atoms with Crippen LogP contribution in [-0.2, 0) is 4.79 Å². The topological polar surface area (TPSA) is 35.6 Å². The van der Waals surface area contributed by atoms with Crippen LogP contribution >= 0.6 is 0 Å². The van der Waals surface area contributed by atoms with E-state index in [0.717, 1.165) is 30.8 Å². The molecule has 0 aliphatic carbocycles. The third-order valence-corrected chi connectivity index (χ3v) is 5.06. The normalized spacial score (nSPS) is 19.1. The molecule has 2 atom stereocenters. The van der Waals surface area contributed by atoms with Crippen molar-refractivity contribution in [3.8, 4) is 0 Å². The molecule has 1 aliphatic heterocycles. The predicted molar refractivity (Wildman–Crippen MR) is 101 cm³/mol. The largest absolute Gasteiger partial charge is 0.334 e. The number of carbonyl (C=O) groups is 1. The Bertz CT molecular complexity index is 720. The first-order valence-corrected chi connectivity index (χ1v) is 9.07. The van der Waals surface area contributed by atoms with Gasteiger partial charge >= 0.3 is 0 Å². The van der Waals surface area contributed by atoms with E-state index < -0.39 is 0 Å². The molecule has 1 aliphatic rings. The summed E-state index contributed by atoms with van der Waals surface area (Å²) in [6, 6.07) is 16.4. The molecule has 0 bridgehead atoms. The molecular weight excluding hydrogens is 329 g/mol. The first kappa shape index (κ1) is 18.5. The van der Waals surface area contributed by atoms with E-state index in [-0.39, 0.29) is 17.8 Å². The Hall–Kier alpha value is -2.24. The number of rotatable bonds is 5. The van der Waals surface area contributed by atoms with E-state index in [1.165, 1.54) is 12.1 Å². The van der Waals surface area contributed by atoms with E-state index in [9.17, 15) is 9.18 Å². The molecule has 0 saturated carbocycles. The fourth-order valence-electron chi connectivity index (χ4n) is 3.47. The highest BCUT2D eigenvalue weighted by molar-refractivity contribution is 5.79. The summed E-state index contributed by atoms with van der Waals surface area (Å²) in [6.07, 6.45) is 0. The maximum absolute atomic E-state index is 13.4. The second kappa shape index (κ2) is 8.43. The summed E-state index contributed by atoms with van der Waals surface area (Å²) < 4.78 is 13.4. The lowest BCUT2D eigenvalue weighted by atomic mass is 9.97. The van der Waals surface area contributed by atoms with Crippen LogP contribution in [0.15, 0.2) is 54.6 Å². The third kappa shape index (κ3) is 4.29. The second-order valence-electron chi connectivity index (χ2n) is 6.89. The molecule has 1 unspecified atom stereocenters. The number of piperazine rings is 1. The molecule has 5 heteroatoms. The second-order valence-corrected chi connectivity index (χ2v) is 6.89. The first-order valence-electron chi connectivity index (χ1n) is 9.07. The average Bonchev–Trinajstić information content (AvgIpc) is 2.66. The van der Waals surface area contributed by atoms with Gasteiger partial charge in [0.2, 0.25) is 5.91 Å². The Morgan fingerprint density at radius 1 is 1.19 bits per heavy atom. The number of likely N-dealkylation sites (N-methyl/N-ethyl adjacent to an activating group) is 1. The van der Waals surface area contributed by atoms with Crippen molar-refractivity contribution in [2.75, 3.05) is 33.2 Å². The van der Waals surface area contributed by atoms with Crippen LogP contribution in [0.1, 0.15) is 24.1 Å². The van der Waals surface area contributed by atoms with Crippen LogP contribution in [-0.4, -0.2) is 55.0 Å². The van der Waals surface area contributed by atoms with Crippen molar-refractivity contribution in [3.05, 3.63) is 71.5 Å². The number of nitrogens with zero attached hydrogens (tertiary/aromatic N) is 2. The predicted octanol–water partition coefficient (Wildman–Crippen LogP) is 2.67. The van der Waals surface area contributed by atoms with Crippen LogP contribution in [0, 0.1) is 5.82 Å². The summed E-state index contributed by atoms with van der Waals surface area (Å²) in [5.41, 5.74) is 1.92. The molecule has 2 aromatic carbocycles. The molecule has 0 aromatic heterocycles. The molecule has 2 aromatic rings. The minimum Gasteiger partial charge on any atom is -0.334 e. The van der Waals surface area contributed by atoms with Gasteiger partial charge < -0.3 is 10.2 Å². The Morgan fingerprint density at radius 2 is 1.85 bits per heavy atom.